The van der Waals surface area contributed by atoms with Crippen LogP contribution in [0.25, 0.3) is 0 Å². The van der Waals surface area contributed by atoms with Crippen LogP contribution in [0.15, 0.2) is 0 Å². The molecule has 1 rings (SSSR count). The van der Waals surface area contributed by atoms with Crippen LogP contribution in [0, 0.1) is 5.92 Å². The molecule has 0 atom stereocenters. The lowest BCUT2D eigenvalue weighted by atomic mass is 9.96. The molecular weight excluding hydrogens is 220 g/mol. The number of nitrogens with one attached hydrogen (secondary N) is 1. The van der Waals surface area contributed by atoms with Crippen molar-refractivity contribution >= 4 is 11.8 Å². The monoisotopic (exact) mass is 242 g/mol. The van der Waals surface area contributed by atoms with Gasteiger partial charge in [0.1, 0.15) is 0 Å². The molecule has 0 aliphatic carbocycles. The highest BCUT2D eigenvalue weighted by atomic mass is 16.5. The van der Waals surface area contributed by atoms with Gasteiger partial charge in [0.2, 0.25) is 11.8 Å². The molecule has 98 valence electrons. The minimum Gasteiger partial charge on any atom is -0.385 e. The minimum atomic E-state index is 0.0631. The molecule has 5 nitrogen and oxygen atoms in total. The van der Waals surface area contributed by atoms with Crippen molar-refractivity contribution in [3.05, 3.63) is 0 Å². The third-order valence-electron chi connectivity index (χ3n) is 3.14. The number of carbonyl (C=O) groups is 2. The number of likely N-dealkylation sites (tertiary alicyclic amines) is 1. The van der Waals surface area contributed by atoms with Crippen LogP contribution in [-0.4, -0.2) is 50.1 Å². The number of ether oxygens (including phenoxy) is 1. The van der Waals surface area contributed by atoms with Crippen molar-refractivity contribution in [2.75, 3.05) is 33.4 Å². The van der Waals surface area contributed by atoms with Crippen LogP contribution in [0.2, 0.25) is 0 Å². The summed E-state index contributed by atoms with van der Waals surface area (Å²) < 4.78 is 4.91. The highest BCUT2D eigenvalue weighted by molar-refractivity contribution is 5.79. The van der Waals surface area contributed by atoms with E-state index in [-0.39, 0.29) is 17.7 Å². The van der Waals surface area contributed by atoms with Crippen molar-refractivity contribution in [3.8, 4) is 0 Å². The normalized spacial score (nSPS) is 16.9. The van der Waals surface area contributed by atoms with Gasteiger partial charge in [0.25, 0.3) is 0 Å². The Morgan fingerprint density at radius 3 is 2.53 bits per heavy atom. The van der Waals surface area contributed by atoms with Gasteiger partial charge in [-0.1, -0.05) is 0 Å². The smallest absolute Gasteiger partial charge is 0.223 e. The second-order valence-electron chi connectivity index (χ2n) is 4.42. The van der Waals surface area contributed by atoms with Crippen LogP contribution >= 0.6 is 0 Å². The van der Waals surface area contributed by atoms with Gasteiger partial charge in [0, 0.05) is 46.2 Å². The van der Waals surface area contributed by atoms with Crippen LogP contribution in [-0.2, 0) is 14.3 Å². The van der Waals surface area contributed by atoms with Crippen molar-refractivity contribution < 1.29 is 14.3 Å². The first kappa shape index (κ1) is 14.0. The van der Waals surface area contributed by atoms with Crippen molar-refractivity contribution in [2.24, 2.45) is 5.92 Å². The molecule has 5 heteroatoms. The summed E-state index contributed by atoms with van der Waals surface area (Å²) in [6.07, 6.45) is 2.39. The van der Waals surface area contributed by atoms with Gasteiger partial charge in [-0.05, 0) is 19.3 Å². The Bertz CT molecular complexity index is 260. The molecule has 0 saturated carbocycles. The molecule has 0 unspecified atom stereocenters. The molecule has 17 heavy (non-hydrogen) atoms. The third-order valence-corrected chi connectivity index (χ3v) is 3.14. The number of hydrogen-bond donors (Lipinski definition) is 1. The van der Waals surface area contributed by atoms with Gasteiger partial charge in [-0.3, -0.25) is 9.59 Å². The lowest BCUT2D eigenvalue weighted by molar-refractivity contribution is -0.133. The number of amides is 2. The summed E-state index contributed by atoms with van der Waals surface area (Å²) in [6.45, 7) is 4.31. The molecule has 1 aliphatic rings. The molecule has 1 saturated heterocycles. The minimum absolute atomic E-state index is 0.0631. The Morgan fingerprint density at radius 1 is 1.35 bits per heavy atom. The number of piperidine rings is 1. The summed E-state index contributed by atoms with van der Waals surface area (Å²) in [5, 5.41) is 2.91. The van der Waals surface area contributed by atoms with Crippen LogP contribution < -0.4 is 5.32 Å². The molecule has 1 heterocycles. The third kappa shape index (κ3) is 4.73. The first-order valence-electron chi connectivity index (χ1n) is 6.17. The maximum absolute atomic E-state index is 11.8. The van der Waals surface area contributed by atoms with E-state index in [1.54, 1.807) is 18.9 Å². The quantitative estimate of drug-likeness (QED) is 0.710. The van der Waals surface area contributed by atoms with Gasteiger partial charge in [-0.15, -0.1) is 0 Å². The van der Waals surface area contributed by atoms with Crippen molar-refractivity contribution in [2.45, 2.75) is 26.2 Å². The van der Waals surface area contributed by atoms with Gasteiger partial charge < -0.3 is 15.0 Å². The molecule has 0 spiro atoms. The average Bonchev–Trinajstić information content (AvgIpc) is 2.34. The van der Waals surface area contributed by atoms with Gasteiger partial charge in [-0.2, -0.15) is 0 Å². The van der Waals surface area contributed by atoms with Gasteiger partial charge in [0.05, 0.1) is 0 Å². The molecule has 0 aromatic carbocycles. The van der Waals surface area contributed by atoms with E-state index in [1.165, 1.54) is 0 Å². The molecule has 1 N–H and O–H groups in total. The molecule has 0 bridgehead atoms. The van der Waals surface area contributed by atoms with E-state index in [9.17, 15) is 9.59 Å². The first-order chi connectivity index (χ1) is 8.15. The van der Waals surface area contributed by atoms with Crippen LogP contribution in [0.3, 0.4) is 0 Å². The molecule has 0 aromatic heterocycles. The van der Waals surface area contributed by atoms with Crippen molar-refractivity contribution in [3.63, 3.8) is 0 Å². The summed E-state index contributed by atoms with van der Waals surface area (Å²) in [7, 11) is 1.65. The fourth-order valence-corrected chi connectivity index (χ4v) is 2.03. The molecule has 2 amide bonds. The summed E-state index contributed by atoms with van der Waals surface area (Å²) in [4.78, 5) is 24.7. The molecule has 0 radical (unpaired) electrons. The number of methoxy groups -OCH3 is 1. The Morgan fingerprint density at radius 2 is 2.00 bits per heavy atom. The fourth-order valence-electron chi connectivity index (χ4n) is 2.03. The number of rotatable bonds is 5. The zero-order valence-corrected chi connectivity index (χ0v) is 10.7. The van der Waals surface area contributed by atoms with E-state index in [2.05, 4.69) is 5.32 Å². The lowest BCUT2D eigenvalue weighted by Gasteiger charge is -2.30. The van der Waals surface area contributed by atoms with Gasteiger partial charge >= 0.3 is 0 Å². The topological polar surface area (TPSA) is 58.6 Å². The van der Waals surface area contributed by atoms with E-state index in [0.717, 1.165) is 19.3 Å². The van der Waals surface area contributed by atoms with Crippen molar-refractivity contribution in [1.82, 2.24) is 10.2 Å². The predicted molar refractivity (Wildman–Crippen MR) is 64.5 cm³/mol. The lowest BCUT2D eigenvalue weighted by Crippen LogP contribution is -2.42. The summed E-state index contributed by atoms with van der Waals surface area (Å²) in [6, 6.07) is 0. The molecular formula is C12H22N2O3. The molecule has 1 aliphatic heterocycles. The standard InChI is InChI=1S/C12H22N2O3/c1-10(15)14-7-4-11(5-8-14)12(16)13-6-3-9-17-2/h11H,3-9H2,1-2H3,(H,13,16). The highest BCUT2D eigenvalue weighted by Crippen LogP contribution is 2.17. The Labute approximate surface area is 102 Å². The van der Waals surface area contributed by atoms with Crippen LogP contribution in [0.4, 0.5) is 0 Å². The predicted octanol–water partition coefficient (Wildman–Crippen LogP) is 0.398. The summed E-state index contributed by atoms with van der Waals surface area (Å²) >= 11 is 0. The number of carbonyl (C=O) groups excluding carboxylic acids is 2. The average molecular weight is 242 g/mol. The Hall–Kier alpha value is -1.10. The maximum Gasteiger partial charge on any atom is 0.223 e. The van der Waals surface area contributed by atoms with E-state index >= 15 is 0 Å². The summed E-state index contributed by atoms with van der Waals surface area (Å²) in [5.74, 6) is 0.279. The van der Waals surface area contributed by atoms with Gasteiger partial charge in [0.15, 0.2) is 0 Å². The molecule has 1 fully saturated rings. The first-order valence-corrected chi connectivity index (χ1v) is 6.17. The zero-order valence-electron chi connectivity index (χ0n) is 10.7. The second kappa shape index (κ2) is 7.27. The van der Waals surface area contributed by atoms with E-state index in [4.69, 9.17) is 4.74 Å². The maximum atomic E-state index is 11.8. The Balaban J connectivity index is 2.19. The van der Waals surface area contributed by atoms with E-state index < -0.39 is 0 Å². The fraction of sp³-hybridized carbons (Fsp3) is 0.833. The number of nitrogens with zero attached hydrogens (tertiary/aromatic N) is 1. The summed E-state index contributed by atoms with van der Waals surface area (Å²) in [5.41, 5.74) is 0. The van der Waals surface area contributed by atoms with Gasteiger partial charge in [-0.25, -0.2) is 0 Å². The largest absolute Gasteiger partial charge is 0.385 e. The number of hydrogen-bond acceptors (Lipinski definition) is 3. The SMILES string of the molecule is COCCCNC(=O)C1CCN(C(C)=O)CC1. The van der Waals surface area contributed by atoms with E-state index in [0.29, 0.717) is 26.2 Å². The Kier molecular flexibility index (Phi) is 5.97. The molecule has 0 aromatic rings. The van der Waals surface area contributed by atoms with Crippen LogP contribution in [0.1, 0.15) is 26.2 Å². The highest BCUT2D eigenvalue weighted by Gasteiger charge is 2.25. The van der Waals surface area contributed by atoms with Crippen molar-refractivity contribution in [1.29, 1.82) is 0 Å². The second-order valence-corrected chi connectivity index (χ2v) is 4.42. The zero-order chi connectivity index (χ0) is 12.7. The van der Waals surface area contributed by atoms with E-state index in [1.807, 2.05) is 0 Å². The van der Waals surface area contributed by atoms with Crippen LogP contribution in [0.5, 0.6) is 0 Å².